The largest absolute Gasteiger partial charge is 0.330 e. The van der Waals surface area contributed by atoms with Gasteiger partial charge in [0.15, 0.2) is 0 Å². The number of nitrogens with zero attached hydrogens (tertiary/aromatic N) is 2. The third-order valence-electron chi connectivity index (χ3n) is 8.97. The lowest BCUT2D eigenvalue weighted by Gasteiger charge is -2.24. The second kappa shape index (κ2) is 15.4. The molecule has 8 nitrogen and oxygen atoms in total. The number of rotatable bonds is 10. The smallest absolute Gasteiger partial charge is 0.247 e. The maximum Gasteiger partial charge on any atom is 0.247 e. The molecule has 2 heterocycles. The number of benzene rings is 4. The van der Waals surface area contributed by atoms with Gasteiger partial charge >= 0.3 is 0 Å². The monoisotopic (exact) mass is 640 g/mol. The predicted octanol–water partition coefficient (Wildman–Crippen LogP) is 6.20. The van der Waals surface area contributed by atoms with E-state index in [0.29, 0.717) is 50.1 Å². The first kappa shape index (κ1) is 32.4. The maximum absolute atomic E-state index is 13.1. The molecule has 2 N–H and O–H groups in total. The lowest BCUT2D eigenvalue weighted by molar-refractivity contribution is -0.136. The highest BCUT2D eigenvalue weighted by Crippen LogP contribution is 2.23. The van der Waals surface area contributed by atoms with E-state index in [1.165, 1.54) is 0 Å². The van der Waals surface area contributed by atoms with Crippen molar-refractivity contribution in [2.24, 2.45) is 0 Å². The molecule has 4 amide bonds. The topological polar surface area (TPSA) is 98.8 Å². The molecule has 0 aromatic heterocycles. The van der Waals surface area contributed by atoms with E-state index in [4.69, 9.17) is 0 Å². The quantitative estimate of drug-likeness (QED) is 0.202. The molecule has 0 spiro atoms. The lowest BCUT2D eigenvalue weighted by Crippen LogP contribution is -2.43. The molecule has 48 heavy (non-hydrogen) atoms. The van der Waals surface area contributed by atoms with Gasteiger partial charge in [-0.1, -0.05) is 97.1 Å². The van der Waals surface area contributed by atoms with Crippen molar-refractivity contribution >= 4 is 47.2 Å². The first-order valence-electron chi connectivity index (χ1n) is 16.6. The average molecular weight is 641 g/mol. The van der Waals surface area contributed by atoms with Crippen molar-refractivity contribution < 1.29 is 19.2 Å². The van der Waals surface area contributed by atoms with Crippen LogP contribution < -0.4 is 10.6 Å². The summed E-state index contributed by atoms with van der Waals surface area (Å²) in [6.07, 6.45) is 7.48. The van der Waals surface area contributed by atoms with Gasteiger partial charge in [0.05, 0.1) is 12.8 Å². The van der Waals surface area contributed by atoms with Crippen LogP contribution in [0.25, 0.3) is 12.2 Å². The van der Waals surface area contributed by atoms with E-state index in [1.807, 2.05) is 121 Å². The number of nitrogens with one attached hydrogen (secondary N) is 2. The van der Waals surface area contributed by atoms with Gasteiger partial charge < -0.3 is 20.4 Å². The van der Waals surface area contributed by atoms with E-state index < -0.39 is 12.1 Å². The molecule has 2 saturated heterocycles. The van der Waals surface area contributed by atoms with Crippen LogP contribution >= 0.6 is 0 Å². The van der Waals surface area contributed by atoms with Gasteiger partial charge in [0.1, 0.15) is 12.1 Å². The minimum atomic E-state index is -0.465. The third-order valence-corrected chi connectivity index (χ3v) is 8.97. The Hall–Kier alpha value is -5.50. The molecule has 2 unspecified atom stereocenters. The maximum atomic E-state index is 13.1. The van der Waals surface area contributed by atoms with Crippen LogP contribution in [-0.4, -0.2) is 58.6 Å². The van der Waals surface area contributed by atoms with Crippen molar-refractivity contribution in [2.45, 2.75) is 50.6 Å². The Bertz CT molecular complexity index is 1620. The fourth-order valence-electron chi connectivity index (χ4n) is 6.42. The van der Waals surface area contributed by atoms with Crippen LogP contribution in [0.2, 0.25) is 0 Å². The number of anilines is 2. The second-order valence-electron chi connectivity index (χ2n) is 12.4. The number of likely N-dealkylation sites (tertiary alicyclic amines) is 2. The summed E-state index contributed by atoms with van der Waals surface area (Å²) < 4.78 is 0. The number of amides is 4. The van der Waals surface area contributed by atoms with E-state index in [0.717, 1.165) is 35.1 Å². The Kier molecular flexibility index (Phi) is 10.4. The summed E-state index contributed by atoms with van der Waals surface area (Å²) in [4.78, 5) is 55.5. The van der Waals surface area contributed by atoms with E-state index in [2.05, 4.69) is 10.6 Å². The van der Waals surface area contributed by atoms with Gasteiger partial charge in [-0.25, -0.2) is 0 Å². The predicted molar refractivity (Wildman–Crippen MR) is 189 cm³/mol. The standard InChI is InChI=1S/C40H40N4O4/c45-37(27-31-9-3-1-4-10-31)43-25-7-13-35(43)39(47)41-33-21-17-29(18-22-33)15-16-30-19-23-34(24-20-30)42-40(48)36-14-8-26-44(36)38(46)28-32-11-5-2-6-12-32/h1-6,9-12,15-24,35-36H,7-8,13-14,25-28H2,(H,41,47)(H,42,48)/b16-15+. The van der Waals surface area contributed by atoms with Gasteiger partial charge in [-0.05, 0) is 72.2 Å². The number of carbonyl (C=O) groups excluding carboxylic acids is 4. The highest BCUT2D eigenvalue weighted by Gasteiger charge is 2.35. The van der Waals surface area contributed by atoms with E-state index >= 15 is 0 Å². The summed E-state index contributed by atoms with van der Waals surface area (Å²) >= 11 is 0. The van der Waals surface area contributed by atoms with Gasteiger partial charge in [0.2, 0.25) is 23.6 Å². The highest BCUT2D eigenvalue weighted by molar-refractivity contribution is 5.98. The molecule has 8 heteroatoms. The van der Waals surface area contributed by atoms with Crippen molar-refractivity contribution in [3.05, 3.63) is 131 Å². The van der Waals surface area contributed by atoms with Crippen molar-refractivity contribution in [3.63, 3.8) is 0 Å². The second-order valence-corrected chi connectivity index (χ2v) is 12.4. The summed E-state index contributed by atoms with van der Waals surface area (Å²) in [5, 5.41) is 5.96. The van der Waals surface area contributed by atoms with Crippen LogP contribution in [-0.2, 0) is 32.0 Å². The van der Waals surface area contributed by atoms with Crippen molar-refractivity contribution in [2.75, 3.05) is 23.7 Å². The van der Waals surface area contributed by atoms with Gasteiger partial charge in [-0.15, -0.1) is 0 Å². The molecule has 2 fully saturated rings. The zero-order chi connectivity index (χ0) is 33.3. The third kappa shape index (κ3) is 8.25. The van der Waals surface area contributed by atoms with E-state index in [1.54, 1.807) is 9.80 Å². The number of hydrogen-bond donors (Lipinski definition) is 2. The Morgan fingerprint density at radius 3 is 1.29 bits per heavy atom. The minimum absolute atomic E-state index is 0.0266. The van der Waals surface area contributed by atoms with Crippen LogP contribution in [0.3, 0.4) is 0 Å². The Morgan fingerprint density at radius 2 is 0.917 bits per heavy atom. The van der Waals surface area contributed by atoms with Gasteiger partial charge in [0, 0.05) is 24.5 Å². The summed E-state index contributed by atoms with van der Waals surface area (Å²) in [5.74, 6) is -0.380. The van der Waals surface area contributed by atoms with E-state index in [9.17, 15) is 19.2 Å². The Labute approximate surface area is 281 Å². The summed E-state index contributed by atoms with van der Waals surface area (Å²) in [5.41, 5.74) is 5.18. The molecule has 2 atom stereocenters. The Balaban J connectivity index is 0.985. The van der Waals surface area contributed by atoms with Crippen molar-refractivity contribution in [3.8, 4) is 0 Å². The first-order valence-corrected chi connectivity index (χ1v) is 16.6. The average Bonchev–Trinajstić information content (AvgIpc) is 3.81. The first-order chi connectivity index (χ1) is 23.4. The SMILES string of the molecule is O=C(Nc1ccc(/C=C/c2ccc(NC(=O)C3CCCN3C(=O)Cc3ccccc3)cc2)cc1)C1CCCN1C(=O)Cc1ccccc1. The zero-order valence-corrected chi connectivity index (χ0v) is 26.9. The molecule has 4 aromatic carbocycles. The van der Waals surface area contributed by atoms with Crippen LogP contribution in [0.5, 0.6) is 0 Å². The molecule has 6 rings (SSSR count). The van der Waals surface area contributed by atoms with Gasteiger partial charge in [-0.3, -0.25) is 19.2 Å². The van der Waals surface area contributed by atoms with Crippen molar-refractivity contribution in [1.82, 2.24) is 9.80 Å². The lowest BCUT2D eigenvalue weighted by atomic mass is 10.1. The molecular formula is C40H40N4O4. The van der Waals surface area contributed by atoms with Crippen LogP contribution in [0.1, 0.15) is 47.9 Å². The van der Waals surface area contributed by atoms with Crippen LogP contribution in [0.15, 0.2) is 109 Å². The molecule has 0 aliphatic carbocycles. The van der Waals surface area contributed by atoms with Crippen molar-refractivity contribution in [1.29, 1.82) is 0 Å². The minimum Gasteiger partial charge on any atom is -0.330 e. The Morgan fingerprint density at radius 1 is 0.542 bits per heavy atom. The fourth-order valence-corrected chi connectivity index (χ4v) is 6.42. The number of carbonyl (C=O) groups is 4. The molecule has 2 aliphatic rings. The molecule has 0 bridgehead atoms. The normalized spacial score (nSPS) is 17.4. The molecule has 4 aromatic rings. The molecular weight excluding hydrogens is 600 g/mol. The fraction of sp³-hybridized carbons (Fsp3) is 0.250. The molecule has 244 valence electrons. The summed E-state index contributed by atoms with van der Waals surface area (Å²) in [6.45, 7) is 1.19. The number of hydrogen-bond acceptors (Lipinski definition) is 4. The van der Waals surface area contributed by atoms with Crippen LogP contribution in [0.4, 0.5) is 11.4 Å². The zero-order valence-electron chi connectivity index (χ0n) is 26.9. The summed E-state index contributed by atoms with van der Waals surface area (Å²) in [6, 6.07) is 33.4. The van der Waals surface area contributed by atoms with Gasteiger partial charge in [-0.2, -0.15) is 0 Å². The van der Waals surface area contributed by atoms with E-state index in [-0.39, 0.29) is 23.6 Å². The molecule has 0 saturated carbocycles. The van der Waals surface area contributed by atoms with Gasteiger partial charge in [0.25, 0.3) is 0 Å². The molecule has 2 aliphatic heterocycles. The molecule has 0 radical (unpaired) electrons. The van der Waals surface area contributed by atoms with Crippen LogP contribution in [0, 0.1) is 0 Å². The highest BCUT2D eigenvalue weighted by atomic mass is 16.2. The summed E-state index contributed by atoms with van der Waals surface area (Å²) in [7, 11) is 0.